The van der Waals surface area contributed by atoms with E-state index in [0.717, 1.165) is 16.0 Å². The Hall–Kier alpha value is -3.08. The largest absolute Gasteiger partial charge is 0.490 e. The second-order valence-electron chi connectivity index (χ2n) is 8.09. The summed E-state index contributed by atoms with van der Waals surface area (Å²) >= 11 is 14.2. The zero-order valence-corrected chi connectivity index (χ0v) is 23.5. The van der Waals surface area contributed by atoms with Crippen LogP contribution in [0.15, 0.2) is 60.2 Å². The Balaban J connectivity index is 1.65. The smallest absolute Gasteiger partial charge is 0.335 e. The molecule has 190 valence electrons. The van der Waals surface area contributed by atoms with Crippen molar-refractivity contribution in [2.75, 3.05) is 11.5 Å². The number of ether oxygens (including phenoxy) is 2. The molecule has 1 aliphatic rings. The van der Waals surface area contributed by atoms with Crippen LogP contribution in [0.25, 0.3) is 6.08 Å². The number of hydrogen-bond donors (Lipinski definition) is 1. The molecule has 4 amide bonds. The van der Waals surface area contributed by atoms with Gasteiger partial charge in [-0.15, -0.1) is 0 Å². The van der Waals surface area contributed by atoms with E-state index in [4.69, 9.17) is 32.7 Å². The van der Waals surface area contributed by atoms with E-state index in [2.05, 4.69) is 27.9 Å². The molecule has 0 atom stereocenters. The summed E-state index contributed by atoms with van der Waals surface area (Å²) in [5.74, 6) is -0.542. The number of urea groups is 1. The average Bonchev–Trinajstić information content (AvgIpc) is 2.84. The Kier molecular flexibility index (Phi) is 8.41. The molecule has 0 spiro atoms. The number of imide groups is 2. The van der Waals surface area contributed by atoms with Crippen molar-refractivity contribution in [2.45, 2.75) is 20.5 Å². The molecule has 3 aromatic carbocycles. The predicted molar refractivity (Wildman–Crippen MR) is 151 cm³/mol. The van der Waals surface area contributed by atoms with Gasteiger partial charge in [-0.05, 0) is 90.0 Å². The highest BCUT2D eigenvalue weighted by molar-refractivity contribution is 14.1. The standard InChI is InChI=1S/C27H21Cl2IN2O5/c1-3-36-23-13-17(12-22(30)24(23)37-14-16-6-9-20(28)21(29)11-16)10-19-25(33)31-27(35)32(26(19)34)18-7-4-15(2)5-8-18/h4-13H,3,14H2,1-2H3,(H,31,33,35)/b19-10+. The van der Waals surface area contributed by atoms with Crippen LogP contribution in [0.2, 0.25) is 10.0 Å². The van der Waals surface area contributed by atoms with E-state index < -0.39 is 17.8 Å². The highest BCUT2D eigenvalue weighted by Gasteiger charge is 2.36. The first-order valence-electron chi connectivity index (χ1n) is 11.2. The average molecular weight is 651 g/mol. The summed E-state index contributed by atoms with van der Waals surface area (Å²) < 4.78 is 12.5. The lowest BCUT2D eigenvalue weighted by Gasteiger charge is -2.26. The van der Waals surface area contributed by atoms with Gasteiger partial charge >= 0.3 is 6.03 Å². The number of aryl methyl sites for hydroxylation is 1. The predicted octanol–water partition coefficient (Wildman–Crippen LogP) is 6.55. The fourth-order valence-electron chi connectivity index (χ4n) is 3.61. The lowest BCUT2D eigenvalue weighted by molar-refractivity contribution is -0.122. The monoisotopic (exact) mass is 650 g/mol. The first kappa shape index (κ1) is 27.0. The van der Waals surface area contributed by atoms with Crippen LogP contribution in [-0.4, -0.2) is 24.5 Å². The third-order valence-electron chi connectivity index (χ3n) is 5.40. The molecular weight excluding hydrogens is 630 g/mol. The van der Waals surface area contributed by atoms with Gasteiger partial charge in [0.1, 0.15) is 12.2 Å². The summed E-state index contributed by atoms with van der Waals surface area (Å²) in [6.07, 6.45) is 1.43. The minimum atomic E-state index is -0.799. The molecule has 1 N–H and O–H groups in total. The maximum atomic E-state index is 13.2. The number of carbonyl (C=O) groups excluding carboxylic acids is 3. The summed E-state index contributed by atoms with van der Waals surface area (Å²) in [6.45, 7) is 4.33. The van der Waals surface area contributed by atoms with Gasteiger partial charge in [-0.1, -0.05) is 47.0 Å². The zero-order valence-electron chi connectivity index (χ0n) is 19.8. The van der Waals surface area contributed by atoms with Crippen molar-refractivity contribution in [1.29, 1.82) is 0 Å². The molecule has 1 saturated heterocycles. The molecule has 0 aliphatic carbocycles. The van der Waals surface area contributed by atoms with E-state index in [0.29, 0.717) is 43.0 Å². The van der Waals surface area contributed by atoms with Crippen molar-refractivity contribution in [3.63, 3.8) is 0 Å². The van der Waals surface area contributed by atoms with Gasteiger partial charge in [0, 0.05) is 0 Å². The molecule has 0 saturated carbocycles. The van der Waals surface area contributed by atoms with Gasteiger partial charge in [-0.3, -0.25) is 14.9 Å². The number of nitrogens with one attached hydrogen (secondary N) is 1. The second-order valence-corrected chi connectivity index (χ2v) is 10.1. The molecule has 1 heterocycles. The van der Waals surface area contributed by atoms with Gasteiger partial charge in [0.05, 0.1) is 25.9 Å². The normalized spacial score (nSPS) is 14.7. The molecule has 0 aromatic heterocycles. The van der Waals surface area contributed by atoms with Gasteiger partial charge < -0.3 is 9.47 Å². The van der Waals surface area contributed by atoms with Crippen molar-refractivity contribution < 1.29 is 23.9 Å². The SMILES string of the molecule is CCOc1cc(/C=C2\C(=O)NC(=O)N(c3ccc(C)cc3)C2=O)cc(I)c1OCc1ccc(Cl)c(Cl)c1. The molecule has 0 unspecified atom stereocenters. The Morgan fingerprint density at radius 3 is 2.38 bits per heavy atom. The maximum Gasteiger partial charge on any atom is 0.335 e. The van der Waals surface area contributed by atoms with Crippen molar-refractivity contribution in [1.82, 2.24) is 5.32 Å². The summed E-state index contributed by atoms with van der Waals surface area (Å²) in [4.78, 5) is 39.2. The second kappa shape index (κ2) is 11.5. The first-order valence-corrected chi connectivity index (χ1v) is 13.0. The number of benzene rings is 3. The third-order valence-corrected chi connectivity index (χ3v) is 6.94. The Morgan fingerprint density at radius 2 is 1.70 bits per heavy atom. The fourth-order valence-corrected chi connectivity index (χ4v) is 4.71. The van der Waals surface area contributed by atoms with Crippen LogP contribution in [0.5, 0.6) is 11.5 Å². The summed E-state index contributed by atoms with van der Waals surface area (Å²) in [7, 11) is 0. The molecule has 1 aliphatic heterocycles. The van der Waals surface area contributed by atoms with E-state index in [1.807, 2.05) is 19.9 Å². The van der Waals surface area contributed by atoms with E-state index in [9.17, 15) is 14.4 Å². The number of carbonyl (C=O) groups is 3. The molecule has 37 heavy (non-hydrogen) atoms. The van der Waals surface area contributed by atoms with E-state index in [1.165, 1.54) is 6.08 Å². The van der Waals surface area contributed by atoms with Crippen LogP contribution in [0, 0.1) is 10.5 Å². The molecule has 0 bridgehead atoms. The quantitative estimate of drug-likeness (QED) is 0.178. The van der Waals surface area contributed by atoms with Gasteiger partial charge in [0.25, 0.3) is 11.8 Å². The number of barbiturate groups is 1. The van der Waals surface area contributed by atoms with Crippen LogP contribution < -0.4 is 19.7 Å². The zero-order chi connectivity index (χ0) is 26.7. The van der Waals surface area contributed by atoms with E-state index >= 15 is 0 Å². The molecule has 0 radical (unpaired) electrons. The fraction of sp³-hybridized carbons (Fsp3) is 0.148. The molecule has 4 rings (SSSR count). The van der Waals surface area contributed by atoms with E-state index in [1.54, 1.807) is 48.5 Å². The van der Waals surface area contributed by atoms with Gasteiger partial charge in [-0.25, -0.2) is 9.69 Å². The summed E-state index contributed by atoms with van der Waals surface area (Å²) in [6, 6.07) is 14.7. The van der Waals surface area contributed by atoms with Gasteiger partial charge in [0.2, 0.25) is 0 Å². The number of hydrogen-bond acceptors (Lipinski definition) is 5. The highest BCUT2D eigenvalue weighted by Crippen LogP contribution is 2.36. The van der Waals surface area contributed by atoms with Crippen molar-refractivity contribution in [2.24, 2.45) is 0 Å². The van der Waals surface area contributed by atoms with Crippen LogP contribution in [0.3, 0.4) is 0 Å². The maximum absolute atomic E-state index is 13.2. The van der Waals surface area contributed by atoms with Crippen LogP contribution in [-0.2, 0) is 16.2 Å². The minimum Gasteiger partial charge on any atom is -0.490 e. The van der Waals surface area contributed by atoms with Crippen LogP contribution in [0.4, 0.5) is 10.5 Å². The van der Waals surface area contributed by atoms with Crippen molar-refractivity contribution >= 4 is 75.4 Å². The molecule has 3 aromatic rings. The summed E-state index contributed by atoms with van der Waals surface area (Å²) in [5.41, 5.74) is 2.51. The lowest BCUT2D eigenvalue weighted by Crippen LogP contribution is -2.54. The Labute approximate surface area is 237 Å². The Morgan fingerprint density at radius 1 is 0.973 bits per heavy atom. The number of rotatable bonds is 7. The van der Waals surface area contributed by atoms with E-state index in [-0.39, 0.29) is 12.2 Å². The topological polar surface area (TPSA) is 84.9 Å². The Bertz CT molecular complexity index is 1420. The molecular formula is C27H21Cl2IN2O5. The molecule has 10 heteroatoms. The summed E-state index contributed by atoms with van der Waals surface area (Å²) in [5, 5.41) is 3.12. The third kappa shape index (κ3) is 6.08. The van der Waals surface area contributed by atoms with Gasteiger partial charge in [-0.2, -0.15) is 0 Å². The van der Waals surface area contributed by atoms with Crippen LogP contribution in [0.1, 0.15) is 23.6 Å². The highest BCUT2D eigenvalue weighted by atomic mass is 127. The number of anilines is 1. The number of halogens is 3. The molecule has 7 nitrogen and oxygen atoms in total. The van der Waals surface area contributed by atoms with Crippen LogP contribution >= 0.6 is 45.8 Å². The molecule has 1 fully saturated rings. The van der Waals surface area contributed by atoms with Crippen molar-refractivity contribution in [3.05, 3.63) is 90.5 Å². The van der Waals surface area contributed by atoms with Gasteiger partial charge in [0.15, 0.2) is 11.5 Å². The minimum absolute atomic E-state index is 0.178. The number of amides is 4. The number of nitrogens with zero attached hydrogens (tertiary/aromatic N) is 1. The van der Waals surface area contributed by atoms with Crippen molar-refractivity contribution in [3.8, 4) is 11.5 Å². The lowest BCUT2D eigenvalue weighted by atomic mass is 10.1. The first-order chi connectivity index (χ1) is 17.7.